The van der Waals surface area contributed by atoms with E-state index in [9.17, 15) is 4.39 Å². The molecule has 1 nitrogen and oxygen atoms in total. The van der Waals surface area contributed by atoms with Crippen molar-refractivity contribution >= 4 is 17.2 Å². The maximum atomic E-state index is 12.8. The summed E-state index contributed by atoms with van der Waals surface area (Å²) < 4.78 is 12.8. The highest BCUT2D eigenvalue weighted by molar-refractivity contribution is 6.30. The molecule has 0 aliphatic rings. The van der Waals surface area contributed by atoms with Gasteiger partial charge in [-0.3, -0.25) is 0 Å². The predicted octanol–water partition coefficient (Wildman–Crippen LogP) is 2.45. The normalized spacial score (nSPS) is 9.92. The Morgan fingerprint density at radius 1 is 1.50 bits per heavy atom. The van der Waals surface area contributed by atoms with Gasteiger partial charge in [0.2, 0.25) is 0 Å². The van der Waals surface area contributed by atoms with Gasteiger partial charge in [0.1, 0.15) is 5.82 Å². The minimum Gasteiger partial charge on any atom is -0.326 e. The number of halogens is 2. The zero-order chi connectivity index (χ0) is 9.14. The highest BCUT2D eigenvalue weighted by Crippen LogP contribution is 2.18. The standard InChI is InChI=1S/C9H9ClFN/c1-6(5-12)7-2-8(10)4-9(11)3-7/h2-4H,1,5,12H2. The molecule has 0 saturated carbocycles. The van der Waals surface area contributed by atoms with E-state index in [0.29, 0.717) is 22.7 Å². The number of nitrogens with two attached hydrogens (primary N) is 1. The summed E-state index contributed by atoms with van der Waals surface area (Å²) in [4.78, 5) is 0. The van der Waals surface area contributed by atoms with Crippen LogP contribution in [-0.4, -0.2) is 6.54 Å². The second-order valence-electron chi connectivity index (χ2n) is 2.47. The number of hydrogen-bond acceptors (Lipinski definition) is 1. The summed E-state index contributed by atoms with van der Waals surface area (Å²) in [6.07, 6.45) is 0. The summed E-state index contributed by atoms with van der Waals surface area (Å²) >= 11 is 5.63. The fourth-order valence-corrected chi connectivity index (χ4v) is 1.10. The van der Waals surface area contributed by atoms with E-state index in [0.717, 1.165) is 0 Å². The lowest BCUT2D eigenvalue weighted by Crippen LogP contribution is -2.01. The van der Waals surface area contributed by atoms with Gasteiger partial charge >= 0.3 is 0 Å². The van der Waals surface area contributed by atoms with Crippen LogP contribution in [0, 0.1) is 5.82 Å². The average molecular weight is 186 g/mol. The second kappa shape index (κ2) is 3.70. The molecule has 64 valence electrons. The first-order valence-corrected chi connectivity index (χ1v) is 3.85. The molecule has 0 atom stereocenters. The van der Waals surface area contributed by atoms with Gasteiger partial charge in [-0.2, -0.15) is 0 Å². The zero-order valence-electron chi connectivity index (χ0n) is 6.48. The van der Waals surface area contributed by atoms with Gasteiger partial charge in [0.15, 0.2) is 0 Å². The quantitative estimate of drug-likeness (QED) is 0.753. The van der Waals surface area contributed by atoms with Crippen molar-refractivity contribution in [2.45, 2.75) is 0 Å². The van der Waals surface area contributed by atoms with Crippen molar-refractivity contribution in [3.8, 4) is 0 Å². The summed E-state index contributed by atoms with van der Waals surface area (Å²) in [5, 5.41) is 0.361. The average Bonchev–Trinajstić information content (AvgIpc) is 2.01. The van der Waals surface area contributed by atoms with Crippen LogP contribution in [0.4, 0.5) is 4.39 Å². The molecular formula is C9H9ClFN. The Morgan fingerprint density at radius 3 is 2.67 bits per heavy atom. The Hall–Kier alpha value is -0.860. The third kappa shape index (κ3) is 2.06. The smallest absolute Gasteiger partial charge is 0.125 e. The van der Waals surface area contributed by atoms with E-state index in [4.69, 9.17) is 17.3 Å². The summed E-state index contributed by atoms with van der Waals surface area (Å²) in [5.74, 6) is -0.368. The monoisotopic (exact) mass is 185 g/mol. The molecule has 0 spiro atoms. The van der Waals surface area contributed by atoms with E-state index in [-0.39, 0.29) is 5.82 Å². The molecule has 0 aromatic heterocycles. The first kappa shape index (κ1) is 9.23. The molecule has 0 aliphatic heterocycles. The van der Waals surface area contributed by atoms with Crippen LogP contribution in [0.15, 0.2) is 24.8 Å². The molecule has 0 radical (unpaired) electrons. The topological polar surface area (TPSA) is 26.0 Å². The molecule has 3 heteroatoms. The van der Waals surface area contributed by atoms with Crippen LogP contribution in [0.2, 0.25) is 5.02 Å². The SMILES string of the molecule is C=C(CN)c1cc(F)cc(Cl)c1. The molecule has 0 fully saturated rings. The van der Waals surface area contributed by atoms with Gasteiger partial charge in [0, 0.05) is 11.6 Å². The largest absolute Gasteiger partial charge is 0.326 e. The minimum atomic E-state index is -0.368. The molecule has 0 unspecified atom stereocenters. The fourth-order valence-electron chi connectivity index (χ4n) is 0.876. The van der Waals surface area contributed by atoms with Crippen LogP contribution in [0.5, 0.6) is 0 Å². The van der Waals surface area contributed by atoms with Gasteiger partial charge in [-0.15, -0.1) is 0 Å². The highest BCUT2D eigenvalue weighted by atomic mass is 35.5. The molecule has 0 bridgehead atoms. The van der Waals surface area contributed by atoms with Crippen LogP contribution < -0.4 is 5.73 Å². The van der Waals surface area contributed by atoms with Crippen LogP contribution in [-0.2, 0) is 0 Å². The third-order valence-electron chi connectivity index (χ3n) is 1.52. The molecule has 12 heavy (non-hydrogen) atoms. The first-order chi connectivity index (χ1) is 5.63. The third-order valence-corrected chi connectivity index (χ3v) is 1.74. The van der Waals surface area contributed by atoms with Crippen molar-refractivity contribution in [2.24, 2.45) is 5.73 Å². The van der Waals surface area contributed by atoms with E-state index in [2.05, 4.69) is 6.58 Å². The van der Waals surface area contributed by atoms with Gasteiger partial charge in [0.25, 0.3) is 0 Å². The van der Waals surface area contributed by atoms with Gasteiger partial charge in [-0.1, -0.05) is 18.2 Å². The van der Waals surface area contributed by atoms with Crippen molar-refractivity contribution < 1.29 is 4.39 Å². The summed E-state index contributed by atoms with van der Waals surface area (Å²) in [5.41, 5.74) is 6.67. The predicted molar refractivity (Wildman–Crippen MR) is 49.5 cm³/mol. The lowest BCUT2D eigenvalue weighted by atomic mass is 10.1. The Balaban J connectivity index is 3.08. The Kier molecular flexibility index (Phi) is 2.84. The van der Waals surface area contributed by atoms with Crippen LogP contribution in [0.3, 0.4) is 0 Å². The molecule has 0 heterocycles. The number of hydrogen-bond donors (Lipinski definition) is 1. The fraction of sp³-hybridized carbons (Fsp3) is 0.111. The van der Waals surface area contributed by atoms with E-state index < -0.39 is 0 Å². The van der Waals surface area contributed by atoms with Crippen molar-refractivity contribution in [1.82, 2.24) is 0 Å². The summed E-state index contributed by atoms with van der Waals surface area (Å²) in [6, 6.07) is 4.25. The Bertz CT molecular complexity index is 289. The van der Waals surface area contributed by atoms with E-state index in [1.54, 1.807) is 6.07 Å². The Morgan fingerprint density at radius 2 is 2.17 bits per heavy atom. The molecule has 1 rings (SSSR count). The molecule has 1 aromatic carbocycles. The maximum absolute atomic E-state index is 12.8. The van der Waals surface area contributed by atoms with Crippen LogP contribution >= 0.6 is 11.6 Å². The minimum absolute atomic E-state index is 0.305. The molecular weight excluding hydrogens is 177 g/mol. The van der Waals surface area contributed by atoms with Crippen LogP contribution in [0.25, 0.3) is 5.57 Å². The Labute approximate surface area is 75.6 Å². The first-order valence-electron chi connectivity index (χ1n) is 3.48. The van der Waals surface area contributed by atoms with Gasteiger partial charge in [0.05, 0.1) is 0 Å². The molecule has 2 N–H and O–H groups in total. The van der Waals surface area contributed by atoms with Gasteiger partial charge in [-0.05, 0) is 29.3 Å². The van der Waals surface area contributed by atoms with Crippen molar-refractivity contribution in [2.75, 3.05) is 6.54 Å². The van der Waals surface area contributed by atoms with Crippen LogP contribution in [0.1, 0.15) is 5.56 Å². The van der Waals surface area contributed by atoms with E-state index in [1.807, 2.05) is 0 Å². The van der Waals surface area contributed by atoms with Gasteiger partial charge in [-0.25, -0.2) is 4.39 Å². The number of benzene rings is 1. The molecule has 1 aromatic rings. The zero-order valence-corrected chi connectivity index (χ0v) is 7.24. The lowest BCUT2D eigenvalue weighted by molar-refractivity contribution is 0.627. The lowest BCUT2D eigenvalue weighted by Gasteiger charge is -2.02. The van der Waals surface area contributed by atoms with E-state index >= 15 is 0 Å². The van der Waals surface area contributed by atoms with E-state index in [1.165, 1.54) is 12.1 Å². The van der Waals surface area contributed by atoms with Crippen molar-refractivity contribution in [1.29, 1.82) is 0 Å². The molecule has 0 aliphatic carbocycles. The summed E-state index contributed by atoms with van der Waals surface area (Å²) in [6.45, 7) is 3.98. The van der Waals surface area contributed by atoms with Crippen molar-refractivity contribution in [3.05, 3.63) is 41.2 Å². The second-order valence-corrected chi connectivity index (χ2v) is 2.90. The molecule has 0 amide bonds. The van der Waals surface area contributed by atoms with Crippen molar-refractivity contribution in [3.63, 3.8) is 0 Å². The molecule has 0 saturated heterocycles. The number of rotatable bonds is 2. The van der Waals surface area contributed by atoms with Gasteiger partial charge < -0.3 is 5.73 Å². The highest BCUT2D eigenvalue weighted by Gasteiger charge is 2.00. The summed E-state index contributed by atoms with van der Waals surface area (Å²) in [7, 11) is 0. The maximum Gasteiger partial charge on any atom is 0.125 e.